The van der Waals surface area contributed by atoms with Gasteiger partial charge in [-0.1, -0.05) is 23.7 Å². The molecule has 36 heavy (non-hydrogen) atoms. The Balaban J connectivity index is 1.65. The number of halogens is 3. The van der Waals surface area contributed by atoms with Gasteiger partial charge in [-0.05, 0) is 95.2 Å². The fourth-order valence-electron chi connectivity index (χ4n) is 3.46. The van der Waals surface area contributed by atoms with Crippen LogP contribution in [0.25, 0.3) is 6.08 Å². The Bertz CT molecular complexity index is 1360. The van der Waals surface area contributed by atoms with Crippen LogP contribution in [0.3, 0.4) is 0 Å². The second-order valence-corrected chi connectivity index (χ2v) is 9.21. The van der Waals surface area contributed by atoms with Gasteiger partial charge in [0.2, 0.25) is 0 Å². The molecule has 1 fully saturated rings. The number of barbiturate groups is 1. The molecule has 184 valence electrons. The number of hydrogen-bond donors (Lipinski definition) is 1. The summed E-state index contributed by atoms with van der Waals surface area (Å²) >= 11 is 7.97. The molecule has 0 aliphatic carbocycles. The van der Waals surface area contributed by atoms with Crippen LogP contribution in [0.1, 0.15) is 18.1 Å². The van der Waals surface area contributed by atoms with Crippen molar-refractivity contribution < 1.29 is 28.2 Å². The number of benzene rings is 3. The first-order valence-electron chi connectivity index (χ1n) is 10.8. The standard InChI is InChI=1S/C26H19ClFIN2O5/c1-2-35-22-13-16(12-21(29)23(22)36-14-15-3-7-18(28)8-4-15)11-20-24(32)30-26(34)31(25(20)33)19-9-5-17(27)6-10-19/h3-13H,2,14H2,1H3,(H,30,32,34)/b20-11+. The Morgan fingerprint density at radius 3 is 2.39 bits per heavy atom. The molecule has 10 heteroatoms. The van der Waals surface area contributed by atoms with Crippen LogP contribution >= 0.6 is 34.2 Å². The Hall–Kier alpha value is -3.44. The van der Waals surface area contributed by atoms with Crippen molar-refractivity contribution in [1.29, 1.82) is 0 Å². The second kappa shape index (κ2) is 11.1. The summed E-state index contributed by atoms with van der Waals surface area (Å²) in [6.45, 7) is 2.35. The predicted molar refractivity (Wildman–Crippen MR) is 142 cm³/mol. The van der Waals surface area contributed by atoms with Gasteiger partial charge in [0, 0.05) is 5.02 Å². The topological polar surface area (TPSA) is 84.9 Å². The summed E-state index contributed by atoms with van der Waals surface area (Å²) in [6.07, 6.45) is 1.39. The lowest BCUT2D eigenvalue weighted by atomic mass is 10.1. The van der Waals surface area contributed by atoms with Crippen LogP contribution in [-0.2, 0) is 16.2 Å². The number of amides is 4. The Morgan fingerprint density at radius 2 is 1.72 bits per heavy atom. The van der Waals surface area contributed by atoms with Crippen LogP contribution < -0.4 is 19.7 Å². The molecule has 7 nitrogen and oxygen atoms in total. The molecule has 4 rings (SSSR count). The van der Waals surface area contributed by atoms with Crippen LogP contribution in [0, 0.1) is 9.39 Å². The first kappa shape index (κ1) is 25.6. The van der Waals surface area contributed by atoms with E-state index in [0.29, 0.717) is 32.3 Å². The largest absolute Gasteiger partial charge is 0.490 e. The number of urea groups is 1. The SMILES string of the molecule is CCOc1cc(/C=C2\C(=O)NC(=O)N(c3ccc(Cl)cc3)C2=O)cc(I)c1OCc1ccc(F)cc1. The molecular weight excluding hydrogens is 602 g/mol. The maximum Gasteiger partial charge on any atom is 0.335 e. The highest BCUT2D eigenvalue weighted by molar-refractivity contribution is 14.1. The molecule has 0 atom stereocenters. The van der Waals surface area contributed by atoms with Crippen LogP contribution in [0.2, 0.25) is 5.02 Å². The Labute approximate surface area is 225 Å². The molecule has 0 aromatic heterocycles. The van der Waals surface area contributed by atoms with Gasteiger partial charge in [0.15, 0.2) is 11.5 Å². The summed E-state index contributed by atoms with van der Waals surface area (Å²) in [5.74, 6) is -1.03. The van der Waals surface area contributed by atoms with Crippen LogP contribution in [0.15, 0.2) is 66.2 Å². The summed E-state index contributed by atoms with van der Waals surface area (Å²) in [7, 11) is 0. The fourth-order valence-corrected chi connectivity index (χ4v) is 4.37. The third kappa shape index (κ3) is 5.68. The Kier molecular flexibility index (Phi) is 7.90. The van der Waals surface area contributed by atoms with E-state index in [-0.39, 0.29) is 23.7 Å². The lowest BCUT2D eigenvalue weighted by Crippen LogP contribution is -2.54. The van der Waals surface area contributed by atoms with Gasteiger partial charge < -0.3 is 9.47 Å². The van der Waals surface area contributed by atoms with E-state index in [1.54, 1.807) is 36.4 Å². The number of imide groups is 2. The van der Waals surface area contributed by atoms with Gasteiger partial charge in [0.1, 0.15) is 18.0 Å². The van der Waals surface area contributed by atoms with E-state index in [9.17, 15) is 18.8 Å². The van der Waals surface area contributed by atoms with Crippen molar-refractivity contribution in [2.75, 3.05) is 11.5 Å². The number of carbonyl (C=O) groups is 3. The van der Waals surface area contributed by atoms with E-state index in [0.717, 1.165) is 10.5 Å². The lowest BCUT2D eigenvalue weighted by Gasteiger charge is -2.26. The van der Waals surface area contributed by atoms with Crippen LogP contribution in [0.5, 0.6) is 11.5 Å². The van der Waals surface area contributed by atoms with E-state index in [1.165, 1.54) is 30.3 Å². The molecule has 1 saturated heterocycles. The van der Waals surface area contributed by atoms with E-state index in [4.69, 9.17) is 21.1 Å². The minimum atomic E-state index is -0.849. The third-order valence-electron chi connectivity index (χ3n) is 5.13. The molecule has 4 amide bonds. The quantitative estimate of drug-likeness (QED) is 0.207. The zero-order chi connectivity index (χ0) is 25.8. The monoisotopic (exact) mass is 620 g/mol. The van der Waals surface area contributed by atoms with Gasteiger partial charge in [0.25, 0.3) is 11.8 Å². The highest BCUT2D eigenvalue weighted by atomic mass is 127. The van der Waals surface area contributed by atoms with Crippen molar-refractivity contribution >= 4 is 63.8 Å². The number of nitrogens with one attached hydrogen (secondary N) is 1. The summed E-state index contributed by atoms with van der Waals surface area (Å²) in [6, 6.07) is 14.6. The lowest BCUT2D eigenvalue weighted by molar-refractivity contribution is -0.122. The highest BCUT2D eigenvalue weighted by Crippen LogP contribution is 2.36. The van der Waals surface area contributed by atoms with Crippen molar-refractivity contribution in [3.8, 4) is 11.5 Å². The molecule has 1 heterocycles. The first-order valence-corrected chi connectivity index (χ1v) is 12.2. The first-order chi connectivity index (χ1) is 17.3. The van der Waals surface area contributed by atoms with Gasteiger partial charge in [0.05, 0.1) is 15.9 Å². The van der Waals surface area contributed by atoms with E-state index in [1.807, 2.05) is 6.92 Å². The number of carbonyl (C=O) groups excluding carboxylic acids is 3. The van der Waals surface area contributed by atoms with Crippen molar-refractivity contribution in [2.24, 2.45) is 0 Å². The molecule has 3 aromatic rings. The van der Waals surface area contributed by atoms with E-state index >= 15 is 0 Å². The molecular formula is C26H19ClFIN2O5. The molecule has 0 unspecified atom stereocenters. The van der Waals surface area contributed by atoms with Gasteiger partial charge in [-0.15, -0.1) is 0 Å². The summed E-state index contributed by atoms with van der Waals surface area (Å²) in [4.78, 5) is 39.0. The minimum absolute atomic E-state index is 0.190. The summed E-state index contributed by atoms with van der Waals surface area (Å²) < 4.78 is 25.5. The van der Waals surface area contributed by atoms with Crippen molar-refractivity contribution in [3.05, 3.63) is 91.8 Å². The van der Waals surface area contributed by atoms with Crippen LogP contribution in [-0.4, -0.2) is 24.5 Å². The number of nitrogens with zero attached hydrogens (tertiary/aromatic N) is 1. The smallest absolute Gasteiger partial charge is 0.335 e. The molecule has 1 N–H and O–H groups in total. The van der Waals surface area contributed by atoms with E-state index < -0.39 is 17.8 Å². The second-order valence-electron chi connectivity index (χ2n) is 7.61. The highest BCUT2D eigenvalue weighted by Gasteiger charge is 2.36. The number of ether oxygens (including phenoxy) is 2. The van der Waals surface area contributed by atoms with Crippen molar-refractivity contribution in [1.82, 2.24) is 5.32 Å². The minimum Gasteiger partial charge on any atom is -0.490 e. The summed E-state index contributed by atoms with van der Waals surface area (Å²) in [5, 5.41) is 2.63. The molecule has 1 aliphatic rings. The maximum atomic E-state index is 13.2. The van der Waals surface area contributed by atoms with Crippen LogP contribution in [0.4, 0.5) is 14.9 Å². The zero-order valence-electron chi connectivity index (χ0n) is 18.9. The van der Waals surface area contributed by atoms with Gasteiger partial charge >= 0.3 is 6.03 Å². The zero-order valence-corrected chi connectivity index (χ0v) is 21.8. The molecule has 1 aliphatic heterocycles. The average molecular weight is 621 g/mol. The van der Waals surface area contributed by atoms with Crippen molar-refractivity contribution in [2.45, 2.75) is 13.5 Å². The normalized spacial score (nSPS) is 14.7. The van der Waals surface area contributed by atoms with Crippen molar-refractivity contribution in [3.63, 3.8) is 0 Å². The Morgan fingerprint density at radius 1 is 1.03 bits per heavy atom. The fraction of sp³-hybridized carbons (Fsp3) is 0.115. The summed E-state index contributed by atoms with van der Waals surface area (Å²) in [5.41, 5.74) is 1.33. The van der Waals surface area contributed by atoms with Gasteiger partial charge in [-0.2, -0.15) is 0 Å². The number of anilines is 1. The third-order valence-corrected chi connectivity index (χ3v) is 6.18. The van der Waals surface area contributed by atoms with E-state index in [2.05, 4.69) is 27.9 Å². The molecule has 0 bridgehead atoms. The number of hydrogen-bond acceptors (Lipinski definition) is 5. The molecule has 0 spiro atoms. The number of rotatable bonds is 7. The molecule has 0 radical (unpaired) electrons. The molecule has 3 aromatic carbocycles. The molecule has 0 saturated carbocycles. The van der Waals surface area contributed by atoms with Gasteiger partial charge in [-0.25, -0.2) is 14.1 Å². The predicted octanol–water partition coefficient (Wildman–Crippen LogP) is 5.73. The maximum absolute atomic E-state index is 13.2. The average Bonchev–Trinajstić information content (AvgIpc) is 2.83. The van der Waals surface area contributed by atoms with Gasteiger partial charge in [-0.3, -0.25) is 14.9 Å².